The Morgan fingerprint density at radius 2 is 1.94 bits per heavy atom. The maximum atomic E-state index is 12.6. The number of anilines is 1. The van der Waals surface area contributed by atoms with E-state index >= 15 is 0 Å². The number of ether oxygens (including phenoxy) is 2. The molecule has 0 bridgehead atoms. The first-order valence-corrected chi connectivity index (χ1v) is 11.8. The summed E-state index contributed by atoms with van der Waals surface area (Å²) < 4.78 is 11.3. The fourth-order valence-electron chi connectivity index (χ4n) is 4.80. The summed E-state index contributed by atoms with van der Waals surface area (Å²) in [6.07, 6.45) is 5.85. The zero-order valence-electron chi connectivity index (χ0n) is 19.3. The van der Waals surface area contributed by atoms with Gasteiger partial charge in [-0.3, -0.25) is 9.59 Å². The number of hydrogen-bond donors (Lipinski definition) is 1. The van der Waals surface area contributed by atoms with Crippen LogP contribution in [0.15, 0.2) is 0 Å². The molecule has 0 saturated carbocycles. The summed E-state index contributed by atoms with van der Waals surface area (Å²) in [5.41, 5.74) is 2.05. The van der Waals surface area contributed by atoms with Crippen molar-refractivity contribution in [2.75, 3.05) is 51.8 Å². The first kappa shape index (κ1) is 22.9. The minimum atomic E-state index is 0.0404. The third-order valence-corrected chi connectivity index (χ3v) is 6.78. The first-order valence-electron chi connectivity index (χ1n) is 11.8. The number of amides is 2. The Kier molecular flexibility index (Phi) is 7.57. The summed E-state index contributed by atoms with van der Waals surface area (Å²) in [6, 6.07) is 0. The molecule has 0 spiro atoms. The maximum absolute atomic E-state index is 12.6. The Bertz CT molecular complexity index is 819. The van der Waals surface area contributed by atoms with Crippen LogP contribution < -0.4 is 5.32 Å². The van der Waals surface area contributed by atoms with E-state index in [0.29, 0.717) is 32.8 Å². The Balaban J connectivity index is 1.31. The monoisotopic (exact) mass is 445 g/mol. The molecule has 1 atom stereocenters. The summed E-state index contributed by atoms with van der Waals surface area (Å²) in [5.74, 6) is 2.01. The van der Waals surface area contributed by atoms with E-state index in [4.69, 9.17) is 19.4 Å². The minimum Gasteiger partial charge on any atom is -0.376 e. The highest BCUT2D eigenvalue weighted by Crippen LogP contribution is 2.30. The average molecular weight is 446 g/mol. The molecule has 0 radical (unpaired) electrons. The lowest BCUT2D eigenvalue weighted by molar-refractivity contribution is -0.139. The Hall–Kier alpha value is -2.26. The third kappa shape index (κ3) is 5.38. The van der Waals surface area contributed by atoms with Gasteiger partial charge in [-0.15, -0.1) is 0 Å². The number of nitrogens with one attached hydrogen (secondary N) is 1. The second kappa shape index (κ2) is 10.6. The highest BCUT2D eigenvalue weighted by molar-refractivity contribution is 5.77. The Morgan fingerprint density at radius 1 is 1.12 bits per heavy atom. The van der Waals surface area contributed by atoms with Gasteiger partial charge in [-0.2, -0.15) is 0 Å². The number of piperidine rings is 1. The summed E-state index contributed by atoms with van der Waals surface area (Å²) in [4.78, 5) is 37.8. The number of rotatable bonds is 6. The van der Waals surface area contributed by atoms with Crippen LogP contribution in [0, 0.1) is 0 Å². The highest BCUT2D eigenvalue weighted by Gasteiger charge is 2.29. The molecule has 0 aliphatic carbocycles. The highest BCUT2D eigenvalue weighted by atomic mass is 16.5. The number of carbonyl (C=O) groups is 2. The molecule has 9 heteroatoms. The van der Waals surface area contributed by atoms with Gasteiger partial charge < -0.3 is 24.6 Å². The minimum absolute atomic E-state index is 0.0404. The van der Waals surface area contributed by atoms with Gasteiger partial charge in [-0.25, -0.2) is 9.97 Å². The molecule has 3 aliphatic heterocycles. The van der Waals surface area contributed by atoms with Crippen molar-refractivity contribution in [1.29, 1.82) is 0 Å². The van der Waals surface area contributed by atoms with E-state index in [1.807, 2.05) is 16.8 Å². The molecule has 32 heavy (non-hydrogen) atoms. The molecule has 1 N–H and O–H groups in total. The molecule has 2 fully saturated rings. The van der Waals surface area contributed by atoms with Gasteiger partial charge in [-0.1, -0.05) is 0 Å². The molecular weight excluding hydrogens is 410 g/mol. The van der Waals surface area contributed by atoms with Gasteiger partial charge in [0.2, 0.25) is 11.8 Å². The normalized spacial score (nSPS) is 21.9. The van der Waals surface area contributed by atoms with Gasteiger partial charge in [0.15, 0.2) is 0 Å². The zero-order valence-corrected chi connectivity index (χ0v) is 19.3. The molecule has 2 amide bonds. The molecule has 2 saturated heterocycles. The molecular formula is C23H35N5O4. The fourth-order valence-corrected chi connectivity index (χ4v) is 4.80. The predicted octanol–water partition coefficient (Wildman–Crippen LogP) is 1.71. The van der Waals surface area contributed by atoms with Gasteiger partial charge >= 0.3 is 0 Å². The van der Waals surface area contributed by atoms with E-state index < -0.39 is 0 Å². The molecule has 3 aliphatic rings. The van der Waals surface area contributed by atoms with Crippen LogP contribution in [-0.4, -0.2) is 84.2 Å². The fraction of sp³-hybridized carbons (Fsp3) is 0.739. The predicted molar refractivity (Wildman–Crippen MR) is 119 cm³/mol. The van der Waals surface area contributed by atoms with Crippen LogP contribution >= 0.6 is 0 Å². The van der Waals surface area contributed by atoms with Gasteiger partial charge in [0.1, 0.15) is 18.2 Å². The summed E-state index contributed by atoms with van der Waals surface area (Å²) in [5, 5.41) is 3.21. The van der Waals surface area contributed by atoms with Crippen molar-refractivity contribution in [3.8, 4) is 0 Å². The lowest BCUT2D eigenvalue weighted by Crippen LogP contribution is -2.41. The van der Waals surface area contributed by atoms with Crippen LogP contribution in [0.2, 0.25) is 0 Å². The number of aromatic nitrogens is 2. The molecule has 1 aromatic heterocycles. The second-order valence-corrected chi connectivity index (χ2v) is 8.96. The van der Waals surface area contributed by atoms with Crippen molar-refractivity contribution in [2.45, 2.75) is 64.0 Å². The van der Waals surface area contributed by atoms with Crippen molar-refractivity contribution >= 4 is 17.6 Å². The van der Waals surface area contributed by atoms with E-state index in [2.05, 4.69) is 5.32 Å². The quantitative estimate of drug-likeness (QED) is 0.712. The molecule has 4 heterocycles. The van der Waals surface area contributed by atoms with Gasteiger partial charge in [-0.05, 0) is 38.5 Å². The lowest BCUT2D eigenvalue weighted by Gasteiger charge is -2.33. The van der Waals surface area contributed by atoms with E-state index in [9.17, 15) is 9.59 Å². The first-order chi connectivity index (χ1) is 15.5. The van der Waals surface area contributed by atoms with E-state index in [1.54, 1.807) is 6.92 Å². The molecule has 0 unspecified atom stereocenters. The summed E-state index contributed by atoms with van der Waals surface area (Å²) in [7, 11) is 1.88. The van der Waals surface area contributed by atoms with E-state index in [0.717, 1.165) is 61.6 Å². The number of nitrogens with zero attached hydrogens (tertiary/aromatic N) is 4. The van der Waals surface area contributed by atoms with Crippen molar-refractivity contribution in [1.82, 2.24) is 19.8 Å². The Morgan fingerprint density at radius 3 is 2.62 bits per heavy atom. The molecule has 4 rings (SSSR count). The smallest absolute Gasteiger partial charge is 0.248 e. The van der Waals surface area contributed by atoms with Crippen LogP contribution in [0.25, 0.3) is 0 Å². The average Bonchev–Trinajstić information content (AvgIpc) is 2.83. The van der Waals surface area contributed by atoms with Crippen LogP contribution in [0.4, 0.5) is 5.82 Å². The van der Waals surface area contributed by atoms with Crippen molar-refractivity contribution < 1.29 is 19.1 Å². The number of hydrogen-bond acceptors (Lipinski definition) is 7. The molecule has 1 aromatic rings. The van der Waals surface area contributed by atoms with Crippen molar-refractivity contribution in [3.63, 3.8) is 0 Å². The van der Waals surface area contributed by atoms with Gasteiger partial charge in [0, 0.05) is 51.7 Å². The van der Waals surface area contributed by atoms with Crippen LogP contribution in [0.3, 0.4) is 0 Å². The van der Waals surface area contributed by atoms with Crippen molar-refractivity contribution in [2.24, 2.45) is 0 Å². The van der Waals surface area contributed by atoms with Gasteiger partial charge in [0.05, 0.1) is 24.9 Å². The van der Waals surface area contributed by atoms with Crippen LogP contribution in [0.1, 0.15) is 62.0 Å². The van der Waals surface area contributed by atoms with Crippen LogP contribution in [-0.2, 0) is 32.0 Å². The lowest BCUT2D eigenvalue weighted by atomic mass is 9.95. The molecule has 176 valence electrons. The molecule has 9 nitrogen and oxygen atoms in total. The Labute approximate surface area is 189 Å². The topological polar surface area (TPSA) is 96.9 Å². The second-order valence-electron chi connectivity index (χ2n) is 8.96. The number of carbonyl (C=O) groups excluding carboxylic acids is 2. The summed E-state index contributed by atoms with van der Waals surface area (Å²) >= 11 is 0. The number of likely N-dealkylation sites (tertiary alicyclic amines) is 1. The molecule has 0 aromatic carbocycles. The zero-order chi connectivity index (χ0) is 22.5. The van der Waals surface area contributed by atoms with Gasteiger partial charge in [0.25, 0.3) is 0 Å². The standard InChI is InChI=1S/C23H35N5O4/c1-16(29)28-11-8-19-20(13-28)25-22(26-23(19)24-2)17-6-9-27(10-7-17)21(30)15-31-14-18-5-3-4-12-32-18/h17-18H,3-15H2,1-2H3,(H,24,25,26)/t18-/m1/s1. The van der Waals surface area contributed by atoms with Crippen molar-refractivity contribution in [3.05, 3.63) is 17.1 Å². The third-order valence-electron chi connectivity index (χ3n) is 6.78. The summed E-state index contributed by atoms with van der Waals surface area (Å²) in [6.45, 7) is 5.61. The van der Waals surface area contributed by atoms with E-state index in [-0.39, 0.29) is 30.4 Å². The SMILES string of the molecule is CNc1nc(C2CCN(C(=O)COC[C@H]3CCCCO3)CC2)nc2c1CCN(C(C)=O)C2. The van der Waals surface area contributed by atoms with Crippen LogP contribution in [0.5, 0.6) is 0 Å². The number of fused-ring (bicyclic) bond motifs is 1. The maximum Gasteiger partial charge on any atom is 0.248 e. The van der Waals surface area contributed by atoms with E-state index in [1.165, 1.54) is 6.42 Å². The largest absolute Gasteiger partial charge is 0.376 e.